The third-order valence-electron chi connectivity index (χ3n) is 5.31. The zero-order valence-corrected chi connectivity index (χ0v) is 13.2. The number of hydrogen-bond acceptors (Lipinski definition) is 4. The van der Waals surface area contributed by atoms with E-state index in [9.17, 15) is 4.79 Å². The van der Waals surface area contributed by atoms with Crippen LogP contribution in [0.2, 0.25) is 0 Å². The van der Waals surface area contributed by atoms with Crippen LogP contribution in [0.15, 0.2) is 6.33 Å². The summed E-state index contributed by atoms with van der Waals surface area (Å²) in [5.41, 5.74) is 2.60. The standard InChI is InChI=1S/C16H23N5O/c1-19-9-10-21(16(19)22)12-5-7-20(8-6-12)15-13-3-2-4-14(13)17-11-18-15/h11-12H,2-10H2,1H3. The van der Waals surface area contributed by atoms with Crippen LogP contribution in [0.4, 0.5) is 10.6 Å². The smallest absolute Gasteiger partial charge is 0.320 e. The molecule has 0 bridgehead atoms. The first kappa shape index (κ1) is 13.8. The minimum Gasteiger partial charge on any atom is -0.356 e. The molecule has 3 aliphatic rings. The molecule has 0 N–H and O–H groups in total. The minimum absolute atomic E-state index is 0.196. The Labute approximate surface area is 131 Å². The maximum Gasteiger partial charge on any atom is 0.320 e. The van der Waals surface area contributed by atoms with Gasteiger partial charge in [0.15, 0.2) is 0 Å². The Kier molecular flexibility index (Phi) is 3.39. The van der Waals surface area contributed by atoms with E-state index in [1.54, 1.807) is 6.33 Å². The summed E-state index contributed by atoms with van der Waals surface area (Å²) in [5.74, 6) is 1.14. The second-order valence-electron chi connectivity index (χ2n) is 6.59. The average Bonchev–Trinajstić information content (AvgIpc) is 3.15. The van der Waals surface area contributed by atoms with Crippen LogP contribution >= 0.6 is 0 Å². The molecule has 2 saturated heterocycles. The molecule has 0 aromatic carbocycles. The number of hydrogen-bond donors (Lipinski definition) is 0. The molecule has 2 fully saturated rings. The number of fused-ring (bicyclic) bond motifs is 1. The number of piperidine rings is 1. The van der Waals surface area contributed by atoms with Gasteiger partial charge in [0.05, 0.1) is 0 Å². The molecule has 1 aromatic rings. The summed E-state index contributed by atoms with van der Waals surface area (Å²) in [5, 5.41) is 0. The van der Waals surface area contributed by atoms with Crippen LogP contribution in [0, 0.1) is 0 Å². The SMILES string of the molecule is CN1CCN(C2CCN(c3ncnc4c3CCC4)CC2)C1=O. The minimum atomic E-state index is 0.196. The molecule has 4 rings (SSSR count). The fourth-order valence-corrected chi connectivity index (χ4v) is 4.01. The zero-order chi connectivity index (χ0) is 15.1. The molecule has 0 spiro atoms. The molecule has 6 nitrogen and oxygen atoms in total. The van der Waals surface area contributed by atoms with E-state index in [0.29, 0.717) is 6.04 Å². The molecular formula is C16H23N5O. The molecule has 0 unspecified atom stereocenters. The van der Waals surface area contributed by atoms with E-state index in [2.05, 4.69) is 19.8 Å². The highest BCUT2D eigenvalue weighted by atomic mass is 16.2. The Morgan fingerprint density at radius 1 is 1.09 bits per heavy atom. The lowest BCUT2D eigenvalue weighted by molar-refractivity contribution is 0.173. The molecule has 118 valence electrons. The van der Waals surface area contributed by atoms with Gasteiger partial charge in [0, 0.05) is 50.5 Å². The molecule has 0 atom stereocenters. The Hall–Kier alpha value is -1.85. The number of nitrogens with zero attached hydrogens (tertiary/aromatic N) is 5. The molecule has 2 aliphatic heterocycles. The van der Waals surface area contributed by atoms with Crippen molar-refractivity contribution in [2.24, 2.45) is 0 Å². The number of aryl methyl sites for hydroxylation is 1. The number of likely N-dealkylation sites (N-methyl/N-ethyl adjacent to an activating group) is 1. The first-order valence-electron chi connectivity index (χ1n) is 8.33. The number of carbonyl (C=O) groups is 1. The van der Waals surface area contributed by atoms with Crippen molar-refractivity contribution in [3.63, 3.8) is 0 Å². The van der Waals surface area contributed by atoms with Crippen molar-refractivity contribution in [3.8, 4) is 0 Å². The lowest BCUT2D eigenvalue weighted by atomic mass is 10.0. The van der Waals surface area contributed by atoms with Crippen molar-refractivity contribution in [1.29, 1.82) is 0 Å². The van der Waals surface area contributed by atoms with Gasteiger partial charge in [0.25, 0.3) is 0 Å². The largest absolute Gasteiger partial charge is 0.356 e. The molecule has 6 heteroatoms. The highest BCUT2D eigenvalue weighted by molar-refractivity contribution is 5.76. The summed E-state index contributed by atoms with van der Waals surface area (Å²) in [6, 6.07) is 0.588. The van der Waals surface area contributed by atoms with Gasteiger partial charge in [0.1, 0.15) is 12.1 Å². The lowest BCUT2D eigenvalue weighted by Gasteiger charge is -2.37. The highest BCUT2D eigenvalue weighted by Gasteiger charge is 2.34. The summed E-state index contributed by atoms with van der Waals surface area (Å²) >= 11 is 0. The van der Waals surface area contributed by atoms with Gasteiger partial charge in [-0.05, 0) is 32.1 Å². The van der Waals surface area contributed by atoms with Crippen molar-refractivity contribution in [2.75, 3.05) is 38.1 Å². The third-order valence-corrected chi connectivity index (χ3v) is 5.31. The van der Waals surface area contributed by atoms with Crippen LogP contribution in [0.3, 0.4) is 0 Å². The Balaban J connectivity index is 1.44. The summed E-state index contributed by atoms with van der Waals surface area (Å²) in [6.07, 6.45) is 7.20. The Bertz CT molecular complexity index is 582. The summed E-state index contributed by atoms with van der Waals surface area (Å²) in [7, 11) is 1.89. The van der Waals surface area contributed by atoms with E-state index < -0.39 is 0 Å². The monoisotopic (exact) mass is 301 g/mol. The molecule has 2 amide bonds. The van der Waals surface area contributed by atoms with Crippen LogP contribution in [0.25, 0.3) is 0 Å². The van der Waals surface area contributed by atoms with E-state index in [0.717, 1.165) is 57.7 Å². The summed E-state index contributed by atoms with van der Waals surface area (Å²) in [6.45, 7) is 3.71. The fourth-order valence-electron chi connectivity index (χ4n) is 4.01. The molecule has 1 aliphatic carbocycles. The summed E-state index contributed by atoms with van der Waals surface area (Å²) < 4.78 is 0. The van der Waals surface area contributed by atoms with Gasteiger partial charge in [-0.25, -0.2) is 14.8 Å². The third kappa shape index (κ3) is 2.21. The van der Waals surface area contributed by atoms with Gasteiger partial charge in [-0.2, -0.15) is 0 Å². The van der Waals surface area contributed by atoms with Crippen molar-refractivity contribution < 1.29 is 4.79 Å². The molecule has 22 heavy (non-hydrogen) atoms. The first-order chi connectivity index (χ1) is 10.7. The van der Waals surface area contributed by atoms with Crippen molar-refractivity contribution in [2.45, 2.75) is 38.1 Å². The maximum atomic E-state index is 12.1. The molecule has 0 saturated carbocycles. The molecule has 0 radical (unpaired) electrons. The van der Waals surface area contributed by atoms with E-state index >= 15 is 0 Å². The van der Waals surface area contributed by atoms with Gasteiger partial charge < -0.3 is 14.7 Å². The number of carbonyl (C=O) groups excluding carboxylic acids is 1. The lowest BCUT2D eigenvalue weighted by Crippen LogP contribution is -2.46. The van der Waals surface area contributed by atoms with Crippen LogP contribution in [0.1, 0.15) is 30.5 Å². The number of urea groups is 1. The predicted octanol–water partition coefficient (Wildman–Crippen LogP) is 1.30. The quantitative estimate of drug-likeness (QED) is 0.826. The zero-order valence-electron chi connectivity index (χ0n) is 13.2. The van der Waals surface area contributed by atoms with Crippen molar-refractivity contribution >= 4 is 11.8 Å². The highest BCUT2D eigenvalue weighted by Crippen LogP contribution is 2.30. The summed E-state index contributed by atoms with van der Waals surface area (Å²) in [4.78, 5) is 27.4. The normalized spacial score (nSPS) is 22.6. The van der Waals surface area contributed by atoms with Crippen LogP contribution in [-0.4, -0.2) is 65.1 Å². The fraction of sp³-hybridized carbons (Fsp3) is 0.688. The molecule has 1 aromatic heterocycles. The van der Waals surface area contributed by atoms with E-state index in [-0.39, 0.29) is 6.03 Å². The second-order valence-corrected chi connectivity index (χ2v) is 6.59. The number of rotatable bonds is 2. The van der Waals surface area contributed by atoms with Crippen molar-refractivity contribution in [1.82, 2.24) is 19.8 Å². The topological polar surface area (TPSA) is 52.6 Å². The number of aromatic nitrogens is 2. The van der Waals surface area contributed by atoms with Crippen LogP contribution in [-0.2, 0) is 12.8 Å². The first-order valence-corrected chi connectivity index (χ1v) is 8.33. The Morgan fingerprint density at radius 2 is 1.91 bits per heavy atom. The predicted molar refractivity (Wildman–Crippen MR) is 84.0 cm³/mol. The van der Waals surface area contributed by atoms with Crippen LogP contribution in [0.5, 0.6) is 0 Å². The van der Waals surface area contributed by atoms with Crippen molar-refractivity contribution in [3.05, 3.63) is 17.6 Å². The van der Waals surface area contributed by atoms with Gasteiger partial charge in [-0.15, -0.1) is 0 Å². The second kappa shape index (κ2) is 5.41. The average molecular weight is 301 g/mol. The van der Waals surface area contributed by atoms with Gasteiger partial charge in [-0.3, -0.25) is 0 Å². The van der Waals surface area contributed by atoms with E-state index in [1.165, 1.54) is 17.7 Å². The number of anilines is 1. The van der Waals surface area contributed by atoms with Crippen LogP contribution < -0.4 is 4.90 Å². The van der Waals surface area contributed by atoms with E-state index in [4.69, 9.17) is 0 Å². The van der Waals surface area contributed by atoms with Gasteiger partial charge in [0.2, 0.25) is 0 Å². The molecule has 3 heterocycles. The van der Waals surface area contributed by atoms with Gasteiger partial charge in [-0.1, -0.05) is 0 Å². The van der Waals surface area contributed by atoms with E-state index in [1.807, 2.05) is 11.9 Å². The number of amides is 2. The maximum absolute atomic E-state index is 12.1. The Morgan fingerprint density at radius 3 is 2.64 bits per heavy atom. The van der Waals surface area contributed by atoms with Gasteiger partial charge >= 0.3 is 6.03 Å². The molecular weight excluding hydrogens is 278 g/mol.